The molecule has 3 N–H and O–H groups in total. The number of nitro benzene ring substituents is 1. The second-order valence-corrected chi connectivity index (χ2v) is 5.82. The number of anilines is 1. The number of aromatic amines is 1. The van der Waals surface area contributed by atoms with Crippen molar-refractivity contribution in [1.29, 1.82) is 0 Å². The average Bonchev–Trinajstić information content (AvgIpc) is 3.09. The van der Waals surface area contributed by atoms with Gasteiger partial charge in [-0.25, -0.2) is 0 Å². The van der Waals surface area contributed by atoms with Crippen LogP contribution in [0.4, 0.5) is 11.4 Å². The monoisotopic (exact) mass is 368 g/mol. The highest BCUT2D eigenvalue weighted by atomic mass is 16.6. The maximum Gasteiger partial charge on any atom is 0.292 e. The van der Waals surface area contributed by atoms with Crippen LogP contribution < -0.4 is 15.4 Å². The zero-order chi connectivity index (χ0) is 19.2. The van der Waals surface area contributed by atoms with E-state index in [1.807, 2.05) is 25.1 Å². The summed E-state index contributed by atoms with van der Waals surface area (Å²) < 4.78 is 5.45. The van der Waals surface area contributed by atoms with E-state index < -0.39 is 4.92 Å². The lowest BCUT2D eigenvalue weighted by atomic mass is 10.2. The topological polar surface area (TPSA) is 109 Å². The molecule has 3 rings (SSSR count). The Balaban J connectivity index is 1.57. The van der Waals surface area contributed by atoms with E-state index in [2.05, 4.69) is 15.6 Å². The lowest BCUT2D eigenvalue weighted by molar-refractivity contribution is -0.384. The Labute approximate surface area is 155 Å². The van der Waals surface area contributed by atoms with Crippen LogP contribution in [0.1, 0.15) is 17.4 Å². The molecule has 140 valence electrons. The number of nitro groups is 1. The van der Waals surface area contributed by atoms with Crippen molar-refractivity contribution in [3.05, 3.63) is 64.3 Å². The van der Waals surface area contributed by atoms with Crippen molar-refractivity contribution in [3.8, 4) is 5.75 Å². The van der Waals surface area contributed by atoms with Crippen molar-refractivity contribution in [3.63, 3.8) is 0 Å². The highest BCUT2D eigenvalue weighted by molar-refractivity contribution is 5.98. The van der Waals surface area contributed by atoms with Crippen molar-refractivity contribution < 1.29 is 14.5 Å². The van der Waals surface area contributed by atoms with Crippen LogP contribution in [0.15, 0.2) is 48.5 Å². The third kappa shape index (κ3) is 4.35. The zero-order valence-corrected chi connectivity index (χ0v) is 14.8. The molecular formula is C19H20N4O4. The van der Waals surface area contributed by atoms with E-state index in [0.29, 0.717) is 31.1 Å². The maximum atomic E-state index is 12.3. The summed E-state index contributed by atoms with van der Waals surface area (Å²) in [6, 6.07) is 13.8. The van der Waals surface area contributed by atoms with E-state index in [1.54, 1.807) is 24.3 Å². The van der Waals surface area contributed by atoms with Gasteiger partial charge in [-0.05, 0) is 31.2 Å². The van der Waals surface area contributed by atoms with Crippen molar-refractivity contribution in [2.45, 2.75) is 6.92 Å². The SMILES string of the molecule is CCOc1ccc2cc(C(=O)NCCNc3ccccc3[N+](=O)[O-])[nH]c2c1. The zero-order valence-electron chi connectivity index (χ0n) is 14.8. The number of rotatable bonds is 8. The lowest BCUT2D eigenvalue weighted by Gasteiger charge is -2.07. The Kier molecular flexibility index (Phi) is 5.55. The number of H-pyrrole nitrogens is 1. The molecule has 0 bridgehead atoms. The minimum Gasteiger partial charge on any atom is -0.494 e. The third-order valence-corrected chi connectivity index (χ3v) is 3.98. The van der Waals surface area contributed by atoms with Crippen LogP contribution in [0.3, 0.4) is 0 Å². The van der Waals surface area contributed by atoms with Crippen molar-refractivity contribution in [1.82, 2.24) is 10.3 Å². The number of carbonyl (C=O) groups excluding carboxylic acids is 1. The van der Waals surface area contributed by atoms with Crippen LogP contribution in [0.2, 0.25) is 0 Å². The fourth-order valence-electron chi connectivity index (χ4n) is 2.74. The van der Waals surface area contributed by atoms with Gasteiger partial charge in [0.15, 0.2) is 0 Å². The summed E-state index contributed by atoms with van der Waals surface area (Å²) in [5, 5.41) is 17.7. The summed E-state index contributed by atoms with van der Waals surface area (Å²) in [6.45, 7) is 3.18. The molecule has 0 spiro atoms. The molecule has 8 heteroatoms. The molecule has 0 unspecified atom stereocenters. The molecule has 0 fully saturated rings. The predicted molar refractivity (Wildman–Crippen MR) is 103 cm³/mol. The molecular weight excluding hydrogens is 348 g/mol. The Morgan fingerprint density at radius 3 is 2.78 bits per heavy atom. The van der Waals surface area contributed by atoms with Gasteiger partial charge in [0.05, 0.1) is 11.5 Å². The highest BCUT2D eigenvalue weighted by Gasteiger charge is 2.12. The molecule has 0 saturated heterocycles. The first-order valence-corrected chi connectivity index (χ1v) is 8.59. The van der Waals surface area contributed by atoms with E-state index in [4.69, 9.17) is 4.74 Å². The molecule has 0 aliphatic rings. The van der Waals surface area contributed by atoms with Gasteiger partial charge in [0.2, 0.25) is 0 Å². The smallest absolute Gasteiger partial charge is 0.292 e. The fourth-order valence-corrected chi connectivity index (χ4v) is 2.74. The van der Waals surface area contributed by atoms with E-state index >= 15 is 0 Å². The Morgan fingerprint density at radius 2 is 2.00 bits per heavy atom. The molecule has 2 aromatic carbocycles. The summed E-state index contributed by atoms with van der Waals surface area (Å²) in [6.07, 6.45) is 0. The fraction of sp³-hybridized carbons (Fsp3) is 0.211. The van der Waals surface area contributed by atoms with Gasteiger partial charge in [-0.15, -0.1) is 0 Å². The number of aromatic nitrogens is 1. The molecule has 1 amide bonds. The van der Waals surface area contributed by atoms with E-state index in [1.165, 1.54) is 6.07 Å². The number of hydrogen-bond acceptors (Lipinski definition) is 5. The third-order valence-electron chi connectivity index (χ3n) is 3.98. The van der Waals surface area contributed by atoms with Gasteiger partial charge in [-0.2, -0.15) is 0 Å². The van der Waals surface area contributed by atoms with Crippen LogP contribution in [-0.2, 0) is 0 Å². The second kappa shape index (κ2) is 8.22. The number of carbonyl (C=O) groups is 1. The van der Waals surface area contributed by atoms with Gasteiger partial charge in [0.25, 0.3) is 11.6 Å². The average molecular weight is 368 g/mol. The molecule has 1 heterocycles. The highest BCUT2D eigenvalue weighted by Crippen LogP contribution is 2.23. The molecule has 0 aliphatic heterocycles. The molecule has 0 atom stereocenters. The summed E-state index contributed by atoms with van der Waals surface area (Å²) >= 11 is 0. The van der Waals surface area contributed by atoms with Crippen molar-refractivity contribution in [2.75, 3.05) is 25.0 Å². The van der Waals surface area contributed by atoms with Crippen LogP contribution in [0, 0.1) is 10.1 Å². The van der Waals surface area contributed by atoms with Gasteiger partial charge >= 0.3 is 0 Å². The Hall–Kier alpha value is -3.55. The van der Waals surface area contributed by atoms with Crippen LogP contribution in [-0.4, -0.2) is 35.5 Å². The first-order chi connectivity index (χ1) is 13.1. The summed E-state index contributed by atoms with van der Waals surface area (Å²) in [4.78, 5) is 25.9. The van der Waals surface area contributed by atoms with Crippen LogP contribution >= 0.6 is 0 Å². The number of hydrogen-bond donors (Lipinski definition) is 3. The molecule has 27 heavy (non-hydrogen) atoms. The Morgan fingerprint density at radius 1 is 1.19 bits per heavy atom. The number of para-hydroxylation sites is 2. The number of benzene rings is 2. The number of nitrogens with one attached hydrogen (secondary N) is 3. The molecule has 3 aromatic rings. The van der Waals surface area contributed by atoms with Crippen molar-refractivity contribution >= 4 is 28.2 Å². The molecule has 8 nitrogen and oxygen atoms in total. The van der Waals surface area contributed by atoms with Gasteiger partial charge in [0, 0.05) is 36.1 Å². The van der Waals surface area contributed by atoms with Gasteiger partial charge < -0.3 is 20.4 Å². The first kappa shape index (κ1) is 18.2. The second-order valence-electron chi connectivity index (χ2n) is 5.82. The number of amides is 1. The standard InChI is InChI=1S/C19H20N4O4/c1-2-27-14-8-7-13-11-17(22-16(13)12-14)19(24)21-10-9-20-15-5-3-4-6-18(15)23(25)26/h3-8,11-12,20,22H,2,9-10H2,1H3,(H,21,24). The van der Waals surface area contributed by atoms with Gasteiger partial charge in [-0.1, -0.05) is 12.1 Å². The van der Waals surface area contributed by atoms with Gasteiger partial charge in [-0.3, -0.25) is 14.9 Å². The minimum atomic E-state index is -0.443. The van der Waals surface area contributed by atoms with E-state index in [-0.39, 0.29) is 11.6 Å². The quantitative estimate of drug-likeness (QED) is 0.321. The van der Waals surface area contributed by atoms with E-state index in [9.17, 15) is 14.9 Å². The largest absolute Gasteiger partial charge is 0.494 e. The summed E-state index contributed by atoms with van der Waals surface area (Å²) in [5.41, 5.74) is 1.70. The van der Waals surface area contributed by atoms with Crippen LogP contribution in [0.5, 0.6) is 5.75 Å². The number of nitrogens with zero attached hydrogens (tertiary/aromatic N) is 1. The molecule has 0 saturated carbocycles. The lowest BCUT2D eigenvalue weighted by Crippen LogP contribution is -2.29. The maximum absolute atomic E-state index is 12.3. The van der Waals surface area contributed by atoms with E-state index in [0.717, 1.165) is 16.7 Å². The molecule has 1 aromatic heterocycles. The number of ether oxygens (including phenoxy) is 1. The normalized spacial score (nSPS) is 10.6. The summed E-state index contributed by atoms with van der Waals surface area (Å²) in [7, 11) is 0. The molecule has 0 aliphatic carbocycles. The summed E-state index contributed by atoms with van der Waals surface area (Å²) in [5.74, 6) is 0.501. The van der Waals surface area contributed by atoms with Crippen LogP contribution in [0.25, 0.3) is 10.9 Å². The predicted octanol–water partition coefficient (Wildman–Crippen LogP) is 3.32. The Bertz CT molecular complexity index is 967. The van der Waals surface area contributed by atoms with Crippen molar-refractivity contribution in [2.24, 2.45) is 0 Å². The number of fused-ring (bicyclic) bond motifs is 1. The molecule has 0 radical (unpaired) electrons. The first-order valence-electron chi connectivity index (χ1n) is 8.59. The van der Waals surface area contributed by atoms with Gasteiger partial charge in [0.1, 0.15) is 17.1 Å². The minimum absolute atomic E-state index is 0.00421.